The van der Waals surface area contributed by atoms with Crippen LogP contribution in [0.15, 0.2) is 29.1 Å². The van der Waals surface area contributed by atoms with Crippen LogP contribution in [0.5, 0.6) is 5.75 Å². The van der Waals surface area contributed by atoms with Crippen molar-refractivity contribution in [2.75, 3.05) is 20.7 Å². The van der Waals surface area contributed by atoms with Crippen molar-refractivity contribution in [3.63, 3.8) is 0 Å². The van der Waals surface area contributed by atoms with Crippen molar-refractivity contribution >= 4 is 21.6 Å². The first-order valence-corrected chi connectivity index (χ1v) is 11.6. The van der Waals surface area contributed by atoms with Gasteiger partial charge in [-0.05, 0) is 70.3 Å². The lowest BCUT2D eigenvalue weighted by atomic mass is 9.89. The quantitative estimate of drug-likeness (QED) is 0.526. The summed E-state index contributed by atoms with van der Waals surface area (Å²) in [4.78, 5) is 22.8. The fourth-order valence-corrected chi connectivity index (χ4v) is 5.54. The normalized spacial score (nSPS) is 16.2. The second-order valence-corrected chi connectivity index (χ2v) is 9.85. The van der Waals surface area contributed by atoms with Crippen molar-refractivity contribution in [1.29, 1.82) is 0 Å². The van der Waals surface area contributed by atoms with Crippen molar-refractivity contribution in [2.24, 2.45) is 5.92 Å². The Morgan fingerprint density at radius 1 is 1.27 bits per heavy atom. The summed E-state index contributed by atoms with van der Waals surface area (Å²) in [5.41, 5.74) is 2.60. The van der Waals surface area contributed by atoms with Gasteiger partial charge < -0.3 is 9.64 Å². The van der Waals surface area contributed by atoms with Gasteiger partial charge in [0.05, 0.1) is 18.5 Å². The van der Waals surface area contributed by atoms with Gasteiger partial charge in [0.25, 0.3) is 5.56 Å². The molecule has 0 fully saturated rings. The topological polar surface area (TPSA) is 47.4 Å². The maximum absolute atomic E-state index is 13.5. The Balaban J connectivity index is 1.59. The fraction of sp³-hybridized carbons (Fsp3) is 0.500. The molecule has 1 aliphatic carbocycles. The zero-order chi connectivity index (χ0) is 21.3. The van der Waals surface area contributed by atoms with Crippen LogP contribution in [0, 0.1) is 12.8 Å². The molecule has 3 aromatic rings. The van der Waals surface area contributed by atoms with E-state index in [0.29, 0.717) is 25.6 Å². The lowest BCUT2D eigenvalue weighted by Gasteiger charge is -2.18. The lowest BCUT2D eigenvalue weighted by molar-refractivity contribution is 0.297. The third-order valence-corrected chi connectivity index (χ3v) is 6.92. The molecule has 0 spiro atoms. The van der Waals surface area contributed by atoms with Crippen LogP contribution >= 0.6 is 11.3 Å². The minimum Gasteiger partial charge on any atom is -0.494 e. The van der Waals surface area contributed by atoms with E-state index < -0.39 is 0 Å². The average molecular weight is 426 g/mol. The summed E-state index contributed by atoms with van der Waals surface area (Å²) in [6.45, 7) is 6.22. The van der Waals surface area contributed by atoms with E-state index in [9.17, 15) is 4.79 Å². The average Bonchev–Trinajstić information content (AvgIpc) is 3.05. The molecule has 1 aliphatic rings. The Labute approximate surface area is 182 Å². The smallest absolute Gasteiger partial charge is 0.262 e. The molecule has 2 aromatic heterocycles. The van der Waals surface area contributed by atoms with Gasteiger partial charge in [-0.25, -0.2) is 4.98 Å². The largest absolute Gasteiger partial charge is 0.494 e. The zero-order valence-corrected chi connectivity index (χ0v) is 19.2. The molecule has 0 saturated heterocycles. The highest BCUT2D eigenvalue weighted by atomic mass is 32.1. The van der Waals surface area contributed by atoms with Crippen molar-refractivity contribution in [3.05, 3.63) is 56.4 Å². The zero-order valence-electron chi connectivity index (χ0n) is 18.4. The number of hydrogen-bond acceptors (Lipinski definition) is 5. The van der Waals surface area contributed by atoms with E-state index in [-0.39, 0.29) is 5.56 Å². The molecule has 5 nitrogen and oxygen atoms in total. The standard InChI is InChI=1S/C24H31N3O2S/c1-16-6-9-18(10-7-16)29-13-5-12-27-21(15-26(3)4)25-23-22(24(27)28)19-11-8-17(2)14-20(19)30-23/h6-7,9-10,17H,5,8,11-15H2,1-4H3. The van der Waals surface area contributed by atoms with Gasteiger partial charge in [-0.2, -0.15) is 0 Å². The third kappa shape index (κ3) is 4.44. The van der Waals surface area contributed by atoms with Gasteiger partial charge >= 0.3 is 0 Å². The molecular weight excluding hydrogens is 394 g/mol. The first kappa shape index (κ1) is 21.1. The molecule has 4 rings (SSSR count). The van der Waals surface area contributed by atoms with E-state index in [4.69, 9.17) is 9.72 Å². The number of hydrogen-bond donors (Lipinski definition) is 0. The van der Waals surface area contributed by atoms with Gasteiger partial charge in [-0.1, -0.05) is 24.6 Å². The van der Waals surface area contributed by atoms with E-state index in [1.165, 1.54) is 16.0 Å². The number of aryl methyl sites for hydroxylation is 2. The monoisotopic (exact) mass is 425 g/mol. The van der Waals surface area contributed by atoms with Gasteiger partial charge in [-0.3, -0.25) is 9.36 Å². The van der Waals surface area contributed by atoms with E-state index in [0.717, 1.165) is 47.5 Å². The van der Waals surface area contributed by atoms with Gasteiger partial charge in [-0.15, -0.1) is 11.3 Å². The molecular formula is C24H31N3O2S. The highest BCUT2D eigenvalue weighted by Crippen LogP contribution is 2.35. The molecule has 0 N–H and O–H groups in total. The van der Waals surface area contributed by atoms with Crippen molar-refractivity contribution in [2.45, 2.75) is 52.6 Å². The minimum atomic E-state index is 0.124. The van der Waals surface area contributed by atoms with E-state index in [1.807, 2.05) is 42.9 Å². The van der Waals surface area contributed by atoms with Gasteiger partial charge in [0.2, 0.25) is 0 Å². The number of nitrogens with zero attached hydrogens (tertiary/aromatic N) is 3. The van der Waals surface area contributed by atoms with Crippen LogP contribution in [0.2, 0.25) is 0 Å². The summed E-state index contributed by atoms with van der Waals surface area (Å²) in [6, 6.07) is 8.08. The number of rotatable bonds is 7. The molecule has 2 heterocycles. The molecule has 0 radical (unpaired) electrons. The second-order valence-electron chi connectivity index (χ2n) is 8.77. The Morgan fingerprint density at radius 3 is 2.77 bits per heavy atom. The lowest BCUT2D eigenvalue weighted by Crippen LogP contribution is -2.29. The molecule has 160 valence electrons. The van der Waals surface area contributed by atoms with E-state index in [2.05, 4.69) is 18.7 Å². The highest BCUT2D eigenvalue weighted by Gasteiger charge is 2.24. The number of fused-ring (bicyclic) bond motifs is 3. The van der Waals surface area contributed by atoms with E-state index in [1.54, 1.807) is 11.3 Å². The number of aromatic nitrogens is 2. The Bertz CT molecular complexity index is 1080. The van der Waals surface area contributed by atoms with Crippen molar-refractivity contribution in [1.82, 2.24) is 14.5 Å². The molecule has 0 amide bonds. The van der Waals surface area contributed by atoms with Crippen LogP contribution in [0.1, 0.15) is 41.6 Å². The maximum atomic E-state index is 13.5. The molecule has 1 atom stereocenters. The van der Waals surface area contributed by atoms with Crippen LogP contribution in [0.4, 0.5) is 0 Å². The summed E-state index contributed by atoms with van der Waals surface area (Å²) in [6.07, 6.45) is 3.99. The number of benzene rings is 1. The SMILES string of the molecule is Cc1ccc(OCCCn2c(CN(C)C)nc3sc4c(c3c2=O)CCC(C)C4)cc1. The second kappa shape index (κ2) is 8.90. The van der Waals surface area contributed by atoms with Crippen molar-refractivity contribution in [3.8, 4) is 5.75 Å². The number of ether oxygens (including phenoxy) is 1. The first-order chi connectivity index (χ1) is 14.4. The van der Waals surface area contributed by atoms with Crippen LogP contribution in [0.25, 0.3) is 10.2 Å². The molecule has 30 heavy (non-hydrogen) atoms. The molecule has 0 saturated carbocycles. The van der Waals surface area contributed by atoms with Crippen LogP contribution < -0.4 is 10.3 Å². The van der Waals surface area contributed by atoms with Crippen LogP contribution in [0.3, 0.4) is 0 Å². The Hall–Kier alpha value is -2.18. The predicted molar refractivity (Wildman–Crippen MR) is 124 cm³/mol. The molecule has 6 heteroatoms. The molecule has 1 unspecified atom stereocenters. The summed E-state index contributed by atoms with van der Waals surface area (Å²) in [5.74, 6) is 2.41. The summed E-state index contributed by atoms with van der Waals surface area (Å²) in [5, 5.41) is 0.865. The summed E-state index contributed by atoms with van der Waals surface area (Å²) >= 11 is 1.73. The Morgan fingerprint density at radius 2 is 2.03 bits per heavy atom. The predicted octanol–water partition coefficient (Wildman–Crippen LogP) is 4.42. The summed E-state index contributed by atoms with van der Waals surface area (Å²) < 4.78 is 7.76. The highest BCUT2D eigenvalue weighted by molar-refractivity contribution is 7.18. The van der Waals surface area contributed by atoms with Crippen molar-refractivity contribution < 1.29 is 4.74 Å². The third-order valence-electron chi connectivity index (χ3n) is 5.77. The van der Waals surface area contributed by atoms with Gasteiger partial charge in [0.15, 0.2) is 0 Å². The van der Waals surface area contributed by atoms with E-state index >= 15 is 0 Å². The Kier molecular flexibility index (Phi) is 6.25. The maximum Gasteiger partial charge on any atom is 0.262 e. The first-order valence-electron chi connectivity index (χ1n) is 10.8. The molecule has 1 aromatic carbocycles. The summed E-state index contributed by atoms with van der Waals surface area (Å²) in [7, 11) is 4.03. The van der Waals surface area contributed by atoms with Crippen LogP contribution in [-0.4, -0.2) is 35.2 Å². The van der Waals surface area contributed by atoms with Gasteiger partial charge in [0, 0.05) is 11.4 Å². The number of thiophene rings is 1. The van der Waals surface area contributed by atoms with Crippen LogP contribution in [-0.2, 0) is 25.9 Å². The van der Waals surface area contributed by atoms with Gasteiger partial charge in [0.1, 0.15) is 16.4 Å². The minimum absolute atomic E-state index is 0.124. The fourth-order valence-electron chi connectivity index (χ4n) is 4.15. The molecule has 0 aliphatic heterocycles. The molecule has 0 bridgehead atoms.